The zero-order valence-electron chi connectivity index (χ0n) is 10.4. The molecule has 0 saturated carbocycles. The highest BCUT2D eigenvalue weighted by Gasteiger charge is 2.12. The fraction of sp³-hybridized carbons (Fsp3) is 0.636. The van der Waals surface area contributed by atoms with Crippen molar-refractivity contribution >= 4 is 22.4 Å². The van der Waals surface area contributed by atoms with Gasteiger partial charge in [-0.3, -0.25) is 4.79 Å². The summed E-state index contributed by atoms with van der Waals surface area (Å²) in [6.07, 6.45) is 0.431. The lowest BCUT2D eigenvalue weighted by atomic mass is 10.1. The van der Waals surface area contributed by atoms with Crippen LogP contribution in [0, 0.1) is 5.92 Å². The van der Waals surface area contributed by atoms with Crippen LogP contribution in [0.4, 0.5) is 5.13 Å². The van der Waals surface area contributed by atoms with Crippen LogP contribution in [0.15, 0.2) is 5.38 Å². The molecule has 1 heterocycles. The number of carbonyl (C=O) groups is 1. The second-order valence-electron chi connectivity index (χ2n) is 4.18. The molecular formula is C11H19N3O2S. The van der Waals surface area contributed by atoms with Crippen molar-refractivity contribution in [1.29, 1.82) is 0 Å². The Balaban J connectivity index is 2.44. The van der Waals surface area contributed by atoms with E-state index in [2.05, 4.69) is 10.3 Å². The summed E-state index contributed by atoms with van der Waals surface area (Å²) in [4.78, 5) is 15.9. The summed E-state index contributed by atoms with van der Waals surface area (Å²) in [5, 5.41) is 5.23. The Labute approximate surface area is 105 Å². The van der Waals surface area contributed by atoms with Crippen LogP contribution in [0.5, 0.6) is 0 Å². The number of anilines is 1. The molecule has 5 nitrogen and oxygen atoms in total. The van der Waals surface area contributed by atoms with Crippen molar-refractivity contribution in [1.82, 2.24) is 4.98 Å². The lowest BCUT2D eigenvalue weighted by molar-refractivity contribution is -0.117. The molecule has 0 aliphatic rings. The van der Waals surface area contributed by atoms with Crippen LogP contribution in [-0.4, -0.2) is 24.6 Å². The number of nitrogens with zero attached hydrogens (tertiary/aromatic N) is 1. The first kappa shape index (κ1) is 14.1. The largest absolute Gasteiger partial charge is 0.384 e. The molecule has 96 valence electrons. The number of aromatic nitrogens is 1. The number of nitrogens with one attached hydrogen (secondary N) is 1. The fourth-order valence-electron chi connectivity index (χ4n) is 1.38. The number of ether oxygens (including phenoxy) is 1. The summed E-state index contributed by atoms with van der Waals surface area (Å²) < 4.78 is 4.98. The van der Waals surface area contributed by atoms with Crippen LogP contribution in [0.25, 0.3) is 0 Å². The minimum absolute atomic E-state index is 0.0416. The Bertz CT molecular complexity index is 365. The monoisotopic (exact) mass is 257 g/mol. The molecular weight excluding hydrogens is 238 g/mol. The molecule has 0 saturated heterocycles. The van der Waals surface area contributed by atoms with Gasteiger partial charge in [-0.05, 0) is 12.8 Å². The van der Waals surface area contributed by atoms with Gasteiger partial charge in [-0.15, -0.1) is 11.3 Å². The summed E-state index contributed by atoms with van der Waals surface area (Å²) >= 11 is 1.39. The molecule has 17 heavy (non-hydrogen) atoms. The van der Waals surface area contributed by atoms with Gasteiger partial charge in [0, 0.05) is 31.6 Å². The molecule has 1 aromatic rings. The summed E-state index contributed by atoms with van der Waals surface area (Å²) in [6.45, 7) is 4.41. The van der Waals surface area contributed by atoms with E-state index in [1.54, 1.807) is 7.11 Å². The lowest BCUT2D eigenvalue weighted by Crippen LogP contribution is -2.17. The molecule has 0 spiro atoms. The molecule has 6 heteroatoms. The van der Waals surface area contributed by atoms with Gasteiger partial charge in [0.25, 0.3) is 0 Å². The summed E-state index contributed by atoms with van der Waals surface area (Å²) in [7, 11) is 1.63. The minimum Gasteiger partial charge on any atom is -0.384 e. The topological polar surface area (TPSA) is 77.2 Å². The zero-order valence-corrected chi connectivity index (χ0v) is 11.2. The number of thiazole rings is 1. The summed E-state index contributed by atoms with van der Waals surface area (Å²) in [5.74, 6) is 0.160. The normalized spacial score (nSPS) is 14.4. The third kappa shape index (κ3) is 4.80. The fourth-order valence-corrected chi connectivity index (χ4v) is 2.21. The van der Waals surface area contributed by atoms with E-state index in [0.29, 0.717) is 18.2 Å². The highest BCUT2D eigenvalue weighted by Crippen LogP contribution is 2.19. The van der Waals surface area contributed by atoms with Crippen LogP contribution in [0.2, 0.25) is 0 Å². The van der Waals surface area contributed by atoms with E-state index in [-0.39, 0.29) is 17.9 Å². The van der Waals surface area contributed by atoms with Crippen molar-refractivity contribution in [3.63, 3.8) is 0 Å². The number of amides is 1. The highest BCUT2D eigenvalue weighted by atomic mass is 32.1. The van der Waals surface area contributed by atoms with Crippen LogP contribution in [0.1, 0.15) is 32.0 Å². The maximum Gasteiger partial charge on any atom is 0.226 e. The summed E-state index contributed by atoms with van der Waals surface area (Å²) in [5.41, 5.74) is 6.49. The molecule has 2 atom stereocenters. The molecule has 2 unspecified atom stereocenters. The smallest absolute Gasteiger partial charge is 0.226 e. The Morgan fingerprint density at radius 3 is 2.88 bits per heavy atom. The first-order valence-electron chi connectivity index (χ1n) is 5.52. The number of nitrogens with two attached hydrogens (primary N) is 1. The average Bonchev–Trinajstić information content (AvgIpc) is 2.66. The molecule has 0 aliphatic carbocycles. The molecule has 0 fully saturated rings. The molecule has 0 bridgehead atoms. The lowest BCUT2D eigenvalue weighted by Gasteiger charge is -2.08. The van der Waals surface area contributed by atoms with E-state index in [4.69, 9.17) is 10.5 Å². The maximum atomic E-state index is 11.6. The van der Waals surface area contributed by atoms with Gasteiger partial charge in [0.2, 0.25) is 5.91 Å². The van der Waals surface area contributed by atoms with Gasteiger partial charge in [-0.2, -0.15) is 0 Å². The van der Waals surface area contributed by atoms with E-state index >= 15 is 0 Å². The zero-order chi connectivity index (χ0) is 12.8. The van der Waals surface area contributed by atoms with Crippen LogP contribution >= 0.6 is 11.3 Å². The second kappa shape index (κ2) is 6.68. The summed E-state index contributed by atoms with van der Waals surface area (Å²) in [6, 6.07) is -0.107. The predicted molar refractivity (Wildman–Crippen MR) is 69.0 cm³/mol. The molecule has 0 radical (unpaired) electrons. The molecule has 1 amide bonds. The van der Waals surface area contributed by atoms with E-state index < -0.39 is 0 Å². The van der Waals surface area contributed by atoms with Crippen molar-refractivity contribution in [3.8, 4) is 0 Å². The van der Waals surface area contributed by atoms with E-state index in [1.165, 1.54) is 11.3 Å². The van der Waals surface area contributed by atoms with Crippen molar-refractivity contribution in [2.45, 2.75) is 26.3 Å². The number of rotatable bonds is 6. The number of carbonyl (C=O) groups excluding carboxylic acids is 1. The van der Waals surface area contributed by atoms with Gasteiger partial charge >= 0.3 is 0 Å². The van der Waals surface area contributed by atoms with Crippen molar-refractivity contribution in [2.24, 2.45) is 11.7 Å². The molecule has 3 N–H and O–H groups in total. The second-order valence-corrected chi connectivity index (χ2v) is 5.04. The standard InChI is InChI=1S/C11H19N3O2S/c1-7(5-16-3)4-10(15)14-11-13-9(6-17-11)8(2)12/h6-8H,4-5,12H2,1-3H3,(H,13,14,15). The quantitative estimate of drug-likeness (QED) is 0.814. The average molecular weight is 257 g/mol. The third-order valence-electron chi connectivity index (χ3n) is 2.22. The van der Waals surface area contributed by atoms with E-state index in [0.717, 1.165) is 5.69 Å². The first-order chi connectivity index (χ1) is 8.02. The number of hydrogen-bond acceptors (Lipinski definition) is 5. The molecule has 0 aromatic carbocycles. The number of hydrogen-bond donors (Lipinski definition) is 2. The highest BCUT2D eigenvalue weighted by molar-refractivity contribution is 7.13. The Kier molecular flexibility index (Phi) is 5.54. The predicted octanol–water partition coefficient (Wildman–Crippen LogP) is 1.77. The van der Waals surface area contributed by atoms with Crippen LogP contribution in [-0.2, 0) is 9.53 Å². The van der Waals surface area contributed by atoms with Crippen molar-refractivity contribution in [3.05, 3.63) is 11.1 Å². The van der Waals surface area contributed by atoms with E-state index in [1.807, 2.05) is 19.2 Å². The SMILES string of the molecule is COCC(C)CC(=O)Nc1nc(C(C)N)cs1. The van der Waals surface area contributed by atoms with Gasteiger partial charge < -0.3 is 15.8 Å². The Hall–Kier alpha value is -0.980. The van der Waals surface area contributed by atoms with Gasteiger partial charge in [0.05, 0.1) is 5.69 Å². The third-order valence-corrected chi connectivity index (χ3v) is 3.00. The Morgan fingerprint density at radius 1 is 1.65 bits per heavy atom. The van der Waals surface area contributed by atoms with Crippen LogP contribution in [0.3, 0.4) is 0 Å². The van der Waals surface area contributed by atoms with Gasteiger partial charge in [-0.25, -0.2) is 4.98 Å². The number of methoxy groups -OCH3 is 1. The molecule has 1 aromatic heterocycles. The van der Waals surface area contributed by atoms with Crippen LogP contribution < -0.4 is 11.1 Å². The minimum atomic E-state index is -0.107. The van der Waals surface area contributed by atoms with E-state index in [9.17, 15) is 4.79 Å². The van der Waals surface area contributed by atoms with Crippen molar-refractivity contribution < 1.29 is 9.53 Å². The first-order valence-corrected chi connectivity index (χ1v) is 6.40. The molecule has 0 aliphatic heterocycles. The molecule has 1 rings (SSSR count). The van der Waals surface area contributed by atoms with Gasteiger partial charge in [0.1, 0.15) is 0 Å². The van der Waals surface area contributed by atoms with Gasteiger partial charge in [0.15, 0.2) is 5.13 Å². The Morgan fingerprint density at radius 2 is 2.35 bits per heavy atom. The maximum absolute atomic E-state index is 11.6. The van der Waals surface area contributed by atoms with Gasteiger partial charge in [-0.1, -0.05) is 6.92 Å². The van der Waals surface area contributed by atoms with Crippen molar-refractivity contribution in [2.75, 3.05) is 19.0 Å².